The number of rotatable bonds is 3. The van der Waals surface area contributed by atoms with Crippen molar-refractivity contribution in [2.45, 2.75) is 25.5 Å². The van der Waals surface area contributed by atoms with Crippen LogP contribution in [0.5, 0.6) is 0 Å². The third-order valence-electron chi connectivity index (χ3n) is 6.23. The van der Waals surface area contributed by atoms with Gasteiger partial charge in [-0.3, -0.25) is 4.79 Å². The van der Waals surface area contributed by atoms with Crippen LogP contribution in [-0.4, -0.2) is 34.0 Å². The third kappa shape index (κ3) is 2.42. The monoisotopic (exact) mass is 388 g/mol. The molecule has 0 bridgehead atoms. The maximum absolute atomic E-state index is 12.4. The van der Waals surface area contributed by atoms with Crippen LogP contribution >= 0.6 is 0 Å². The van der Waals surface area contributed by atoms with Crippen LogP contribution in [0.3, 0.4) is 0 Å². The fraction of sp³-hybridized carbons (Fsp3) is 0.261. The van der Waals surface area contributed by atoms with Crippen molar-refractivity contribution in [3.63, 3.8) is 0 Å². The lowest BCUT2D eigenvalue weighted by atomic mass is 9.82. The zero-order valence-corrected chi connectivity index (χ0v) is 16.1. The van der Waals surface area contributed by atoms with E-state index in [1.165, 1.54) is 4.90 Å². The van der Waals surface area contributed by atoms with E-state index in [0.717, 1.165) is 27.2 Å². The molecule has 1 aromatic heterocycles. The van der Waals surface area contributed by atoms with Crippen molar-refractivity contribution in [3.8, 4) is 0 Å². The molecule has 0 unspecified atom stereocenters. The molecule has 6 heteroatoms. The van der Waals surface area contributed by atoms with Crippen molar-refractivity contribution in [2.24, 2.45) is 13.0 Å². The van der Waals surface area contributed by atoms with Gasteiger partial charge in [-0.1, -0.05) is 18.2 Å². The normalized spacial score (nSPS) is 22.2. The van der Waals surface area contributed by atoms with Gasteiger partial charge in [-0.05, 0) is 42.7 Å². The summed E-state index contributed by atoms with van der Waals surface area (Å²) in [4.78, 5) is 25.6. The van der Waals surface area contributed by atoms with E-state index in [-0.39, 0.29) is 17.6 Å². The number of pyridine rings is 1. The molecule has 146 valence electrons. The summed E-state index contributed by atoms with van der Waals surface area (Å²) in [5, 5.41) is 25.0. The van der Waals surface area contributed by atoms with Gasteiger partial charge < -0.3 is 19.9 Å². The lowest BCUT2D eigenvalue weighted by Gasteiger charge is -2.45. The van der Waals surface area contributed by atoms with Crippen LogP contribution in [0.1, 0.15) is 18.9 Å². The molecular formula is C23H20N2O4. The molecule has 0 saturated carbocycles. The zero-order chi connectivity index (χ0) is 20.4. The van der Waals surface area contributed by atoms with Crippen LogP contribution in [0.15, 0.2) is 54.4 Å². The van der Waals surface area contributed by atoms with E-state index in [0.29, 0.717) is 12.0 Å². The number of carboxylic acids is 1. The first-order chi connectivity index (χ1) is 13.9. The Hall–Kier alpha value is -3.25. The Morgan fingerprint density at radius 2 is 2.00 bits per heavy atom. The number of aliphatic hydroxyl groups is 1. The highest BCUT2D eigenvalue weighted by molar-refractivity contribution is 6.08. The Bertz CT molecular complexity index is 1240. The Labute approximate surface area is 167 Å². The van der Waals surface area contributed by atoms with Crippen molar-refractivity contribution in [1.29, 1.82) is 0 Å². The first-order valence-electron chi connectivity index (χ1n) is 9.65. The molecule has 1 amide bonds. The minimum atomic E-state index is -1.36. The van der Waals surface area contributed by atoms with Gasteiger partial charge in [0.2, 0.25) is 11.4 Å². The van der Waals surface area contributed by atoms with Gasteiger partial charge >= 0.3 is 0 Å². The predicted molar refractivity (Wildman–Crippen MR) is 105 cm³/mol. The number of hydrogen-bond donors (Lipinski definition) is 1. The molecule has 3 atom stereocenters. The molecule has 5 rings (SSSR count). The van der Waals surface area contributed by atoms with Crippen molar-refractivity contribution >= 4 is 39.1 Å². The summed E-state index contributed by atoms with van der Waals surface area (Å²) >= 11 is 0. The SMILES string of the molecule is C[C@@H](O)[C@H]1C(=O)N2C(C(=O)[O-])=C(c3ccc4c(c3)c3ccccc3c[n+]4C)C[C@H]12. The van der Waals surface area contributed by atoms with Gasteiger partial charge in [0, 0.05) is 16.8 Å². The lowest BCUT2D eigenvalue weighted by Crippen LogP contribution is -2.62. The number of carbonyl (C=O) groups excluding carboxylic acids is 2. The lowest BCUT2D eigenvalue weighted by molar-refractivity contribution is -0.643. The van der Waals surface area contributed by atoms with Crippen LogP contribution in [0.4, 0.5) is 0 Å². The van der Waals surface area contributed by atoms with Crippen LogP contribution < -0.4 is 9.67 Å². The topological polar surface area (TPSA) is 84.5 Å². The number of nitrogens with zero attached hydrogens (tertiary/aromatic N) is 2. The van der Waals surface area contributed by atoms with Gasteiger partial charge in [-0.2, -0.15) is 0 Å². The van der Waals surface area contributed by atoms with Crippen LogP contribution in [0.2, 0.25) is 0 Å². The van der Waals surface area contributed by atoms with E-state index in [1.54, 1.807) is 6.92 Å². The summed E-state index contributed by atoms with van der Waals surface area (Å²) in [6, 6.07) is 13.6. The maximum atomic E-state index is 12.4. The van der Waals surface area contributed by atoms with Gasteiger partial charge in [0.1, 0.15) is 7.05 Å². The first kappa shape index (κ1) is 17.8. The Morgan fingerprint density at radius 3 is 2.72 bits per heavy atom. The number of aryl methyl sites for hydroxylation is 1. The van der Waals surface area contributed by atoms with Crippen LogP contribution in [-0.2, 0) is 16.6 Å². The van der Waals surface area contributed by atoms with Gasteiger partial charge in [-0.15, -0.1) is 0 Å². The summed E-state index contributed by atoms with van der Waals surface area (Å²) < 4.78 is 2.05. The largest absolute Gasteiger partial charge is 0.543 e. The number of carboxylic acid groups (broad SMARTS) is 1. The van der Waals surface area contributed by atoms with E-state index >= 15 is 0 Å². The van der Waals surface area contributed by atoms with Gasteiger partial charge in [0.15, 0.2) is 6.20 Å². The molecule has 1 fully saturated rings. The molecular weight excluding hydrogens is 368 g/mol. The minimum absolute atomic E-state index is 0.0686. The van der Waals surface area contributed by atoms with Crippen molar-refractivity contribution < 1.29 is 24.4 Å². The van der Waals surface area contributed by atoms with Crippen LogP contribution in [0, 0.1) is 5.92 Å². The van der Waals surface area contributed by atoms with Gasteiger partial charge in [-0.25, -0.2) is 4.57 Å². The summed E-state index contributed by atoms with van der Waals surface area (Å²) in [7, 11) is 1.98. The number of aromatic nitrogens is 1. The molecule has 1 N–H and O–H groups in total. The number of benzene rings is 2. The third-order valence-corrected chi connectivity index (χ3v) is 6.23. The number of carbonyl (C=O) groups is 2. The first-order valence-corrected chi connectivity index (χ1v) is 9.65. The second kappa shape index (κ2) is 6.12. The Balaban J connectivity index is 1.70. The molecule has 2 aromatic carbocycles. The number of aliphatic hydroxyl groups excluding tert-OH is 1. The van der Waals surface area contributed by atoms with Gasteiger partial charge in [0.25, 0.3) is 0 Å². The smallest absolute Gasteiger partial charge is 0.235 e. The molecule has 3 heterocycles. The Kier molecular flexibility index (Phi) is 3.76. The van der Waals surface area contributed by atoms with Crippen LogP contribution in [0.25, 0.3) is 27.2 Å². The minimum Gasteiger partial charge on any atom is -0.543 e. The van der Waals surface area contributed by atoms with E-state index in [1.807, 2.05) is 54.1 Å². The molecule has 0 radical (unpaired) electrons. The van der Waals surface area contributed by atoms with E-state index < -0.39 is 18.0 Å². The van der Waals surface area contributed by atoms with Crippen molar-refractivity contribution in [1.82, 2.24) is 4.90 Å². The molecule has 3 aromatic rings. The zero-order valence-electron chi connectivity index (χ0n) is 16.1. The van der Waals surface area contributed by atoms with Crippen molar-refractivity contribution in [3.05, 3.63) is 59.9 Å². The van der Waals surface area contributed by atoms with E-state index in [9.17, 15) is 19.8 Å². The van der Waals surface area contributed by atoms with E-state index in [2.05, 4.69) is 6.20 Å². The average Bonchev–Trinajstić information content (AvgIpc) is 3.03. The fourth-order valence-corrected chi connectivity index (χ4v) is 4.90. The number of aliphatic carboxylic acids is 1. The molecule has 2 aliphatic rings. The highest BCUT2D eigenvalue weighted by Crippen LogP contribution is 2.47. The summed E-state index contributed by atoms with van der Waals surface area (Å²) in [6.45, 7) is 1.57. The number of β-lactam (4-membered cyclic amide) rings is 1. The maximum Gasteiger partial charge on any atom is 0.235 e. The highest BCUT2D eigenvalue weighted by atomic mass is 16.4. The highest BCUT2D eigenvalue weighted by Gasteiger charge is 2.55. The molecule has 0 spiro atoms. The summed E-state index contributed by atoms with van der Waals surface area (Å²) in [5.74, 6) is -2.28. The Morgan fingerprint density at radius 1 is 1.24 bits per heavy atom. The quantitative estimate of drug-likeness (QED) is 0.410. The second-order valence-corrected chi connectivity index (χ2v) is 7.92. The number of hydrogen-bond acceptors (Lipinski definition) is 4. The molecule has 2 aliphatic heterocycles. The van der Waals surface area contributed by atoms with Gasteiger partial charge in [0.05, 0.1) is 35.1 Å². The number of fused-ring (bicyclic) bond motifs is 4. The summed E-state index contributed by atoms with van der Waals surface area (Å²) in [5.41, 5.74) is 2.31. The van der Waals surface area contributed by atoms with E-state index in [4.69, 9.17) is 0 Å². The molecule has 0 aliphatic carbocycles. The standard InChI is InChI=1S/C23H20N2O4/c1-12(26)20-19-10-16(21(23(28)29)25(19)22(20)27)13-7-8-18-17(9-13)15-6-4-3-5-14(15)11-24(18)2/h3-9,11-12,19-20,26H,10H2,1-2H3/t12-,19-,20-/m1/s1. The predicted octanol–water partition coefficient (Wildman–Crippen LogP) is 0.890. The molecule has 29 heavy (non-hydrogen) atoms. The summed E-state index contributed by atoms with van der Waals surface area (Å²) in [6.07, 6.45) is 1.65. The fourth-order valence-electron chi connectivity index (χ4n) is 4.90. The number of amides is 1. The molecule has 6 nitrogen and oxygen atoms in total. The average molecular weight is 388 g/mol. The second-order valence-electron chi connectivity index (χ2n) is 7.92. The molecule has 1 saturated heterocycles. The van der Waals surface area contributed by atoms with Crippen molar-refractivity contribution in [2.75, 3.05) is 0 Å².